The summed E-state index contributed by atoms with van der Waals surface area (Å²) in [4.78, 5) is 23.5. The Labute approximate surface area is 145 Å². The van der Waals surface area contributed by atoms with Crippen LogP contribution in [0.4, 0.5) is 0 Å². The van der Waals surface area contributed by atoms with Crippen LogP contribution in [0.15, 0.2) is 85.0 Å². The molecule has 0 spiro atoms. The lowest BCUT2D eigenvalue weighted by Gasteiger charge is -2.24. The molecule has 0 radical (unpaired) electrons. The largest absolute Gasteiger partial charge is 0.342 e. The van der Waals surface area contributed by atoms with E-state index in [4.69, 9.17) is 11.6 Å². The van der Waals surface area contributed by atoms with Gasteiger partial charge in [-0.05, 0) is 12.1 Å². The number of allylic oxidation sites excluding steroid dienone is 2. The first-order valence-corrected chi connectivity index (χ1v) is 8.00. The lowest BCUT2D eigenvalue weighted by atomic mass is 9.91. The molecule has 3 rings (SSSR count). The van der Waals surface area contributed by atoms with Crippen LogP contribution in [0.5, 0.6) is 0 Å². The van der Waals surface area contributed by atoms with Crippen LogP contribution in [0.3, 0.4) is 0 Å². The number of ketones is 1. The molecule has 1 aliphatic carbocycles. The monoisotopic (exact) mass is 337 g/mol. The van der Waals surface area contributed by atoms with Crippen LogP contribution in [0.2, 0.25) is 0 Å². The summed E-state index contributed by atoms with van der Waals surface area (Å²) in [5.41, 5.74) is 1.14. The first-order valence-electron chi connectivity index (χ1n) is 7.62. The van der Waals surface area contributed by atoms with Gasteiger partial charge >= 0.3 is 0 Å². The molecule has 3 nitrogen and oxygen atoms in total. The van der Waals surface area contributed by atoms with E-state index >= 15 is 0 Å². The first-order chi connectivity index (χ1) is 11.6. The van der Waals surface area contributed by atoms with Gasteiger partial charge in [-0.2, -0.15) is 0 Å². The van der Waals surface area contributed by atoms with Gasteiger partial charge in [0, 0.05) is 11.1 Å². The topological polar surface area (TPSA) is 46.2 Å². The van der Waals surface area contributed by atoms with Gasteiger partial charge in [0.15, 0.2) is 5.78 Å². The van der Waals surface area contributed by atoms with Crippen molar-refractivity contribution in [2.24, 2.45) is 0 Å². The van der Waals surface area contributed by atoms with Gasteiger partial charge in [0.1, 0.15) is 4.87 Å². The van der Waals surface area contributed by atoms with Crippen molar-refractivity contribution in [2.75, 3.05) is 0 Å². The molecule has 1 N–H and O–H groups in total. The number of amides is 1. The van der Waals surface area contributed by atoms with E-state index in [-0.39, 0.29) is 17.7 Å². The fourth-order valence-corrected chi connectivity index (χ4v) is 2.74. The smallest absolute Gasteiger partial charge is 0.251 e. The van der Waals surface area contributed by atoms with E-state index in [1.807, 2.05) is 24.3 Å². The number of carbonyl (C=O) groups excluding carboxylic acids is 2. The Morgan fingerprint density at radius 2 is 1.33 bits per heavy atom. The van der Waals surface area contributed by atoms with Gasteiger partial charge in [0.05, 0.1) is 6.04 Å². The number of benzene rings is 2. The van der Waals surface area contributed by atoms with Gasteiger partial charge in [0.25, 0.3) is 5.91 Å². The number of hydrogen-bond donors (Lipinski definition) is 1. The first kappa shape index (κ1) is 16.2. The van der Waals surface area contributed by atoms with Crippen molar-refractivity contribution >= 4 is 23.3 Å². The zero-order valence-corrected chi connectivity index (χ0v) is 13.6. The third kappa shape index (κ3) is 3.47. The molecule has 0 saturated carbocycles. The molecule has 24 heavy (non-hydrogen) atoms. The van der Waals surface area contributed by atoms with Crippen LogP contribution in [-0.2, 0) is 0 Å². The van der Waals surface area contributed by atoms with Crippen molar-refractivity contribution in [1.82, 2.24) is 5.32 Å². The van der Waals surface area contributed by atoms with E-state index in [0.29, 0.717) is 11.1 Å². The predicted octanol–water partition coefficient (Wildman–Crippen LogP) is 3.77. The fraction of sp³-hybridized carbons (Fsp3) is 0.100. The minimum absolute atomic E-state index is 0.175. The number of rotatable bonds is 4. The maximum atomic E-state index is 12.6. The van der Waals surface area contributed by atoms with Crippen molar-refractivity contribution in [2.45, 2.75) is 10.9 Å². The second-order valence-electron chi connectivity index (χ2n) is 5.55. The summed E-state index contributed by atoms with van der Waals surface area (Å²) in [6.07, 6.45) is 6.71. The summed E-state index contributed by atoms with van der Waals surface area (Å²) < 4.78 is 0. The number of halogens is 1. The average Bonchev–Trinajstić information content (AvgIpc) is 2.64. The summed E-state index contributed by atoms with van der Waals surface area (Å²) in [5, 5.41) is 2.87. The maximum Gasteiger partial charge on any atom is 0.251 e. The lowest BCUT2D eigenvalue weighted by molar-refractivity contribution is 0.0950. The van der Waals surface area contributed by atoms with Crippen molar-refractivity contribution in [3.63, 3.8) is 0 Å². The molecular weight excluding hydrogens is 322 g/mol. The summed E-state index contributed by atoms with van der Waals surface area (Å²) in [5.74, 6) is -0.364. The Bertz CT molecular complexity index is 783. The zero-order valence-electron chi connectivity index (χ0n) is 12.9. The molecule has 0 fully saturated rings. The van der Waals surface area contributed by atoms with E-state index in [1.54, 1.807) is 60.7 Å². The molecule has 1 aliphatic rings. The number of alkyl halides is 1. The normalized spacial score (nSPS) is 22.1. The highest BCUT2D eigenvalue weighted by Crippen LogP contribution is 2.28. The molecule has 2 aromatic rings. The Hall–Kier alpha value is -2.65. The van der Waals surface area contributed by atoms with Crippen LogP contribution in [0, 0.1) is 0 Å². The van der Waals surface area contributed by atoms with Crippen molar-refractivity contribution in [3.8, 4) is 0 Å². The summed E-state index contributed by atoms with van der Waals surface area (Å²) >= 11 is 6.44. The summed E-state index contributed by atoms with van der Waals surface area (Å²) in [6, 6.07) is 17.6. The second kappa shape index (κ2) is 6.85. The molecule has 0 bridgehead atoms. The fourth-order valence-electron chi connectivity index (χ4n) is 2.49. The molecule has 0 heterocycles. The molecule has 0 saturated heterocycles. The number of hydrogen-bond acceptors (Lipinski definition) is 2. The van der Waals surface area contributed by atoms with Crippen LogP contribution >= 0.6 is 11.6 Å². The van der Waals surface area contributed by atoms with Gasteiger partial charge in [-0.3, -0.25) is 9.59 Å². The van der Waals surface area contributed by atoms with Gasteiger partial charge in [-0.15, -0.1) is 11.6 Å². The summed E-state index contributed by atoms with van der Waals surface area (Å²) in [6.45, 7) is 0. The third-order valence-corrected chi connectivity index (χ3v) is 4.23. The van der Waals surface area contributed by atoms with Crippen LogP contribution in [-0.4, -0.2) is 22.6 Å². The molecule has 0 aromatic heterocycles. The number of Topliss-reactive ketones (excluding diaryl/α,β-unsaturated/α-hetero) is 1. The predicted molar refractivity (Wildman–Crippen MR) is 95.3 cm³/mol. The number of nitrogens with one attached hydrogen (secondary N) is 1. The highest BCUT2D eigenvalue weighted by Gasteiger charge is 2.33. The van der Waals surface area contributed by atoms with E-state index < -0.39 is 4.87 Å². The lowest BCUT2D eigenvalue weighted by Crippen LogP contribution is -2.37. The SMILES string of the molecule is O=C(NC1C=CC(Cl)(C(=O)c2ccccc2)C=C1)c1ccccc1. The van der Waals surface area contributed by atoms with Gasteiger partial charge in [0.2, 0.25) is 0 Å². The molecule has 120 valence electrons. The minimum atomic E-state index is -1.21. The Kier molecular flexibility index (Phi) is 4.63. The van der Waals surface area contributed by atoms with E-state index in [1.165, 1.54) is 0 Å². The standard InChI is InChI=1S/C20H16ClNO2/c21-20(18(23)15-7-3-1-4-8-15)13-11-17(12-14-20)22-19(24)16-9-5-2-6-10-16/h1-14,17H,(H,22,24). The summed E-state index contributed by atoms with van der Waals surface area (Å²) in [7, 11) is 0. The van der Waals surface area contributed by atoms with Crippen LogP contribution < -0.4 is 5.32 Å². The average molecular weight is 338 g/mol. The van der Waals surface area contributed by atoms with Gasteiger partial charge < -0.3 is 5.32 Å². The Morgan fingerprint density at radius 1 is 0.833 bits per heavy atom. The minimum Gasteiger partial charge on any atom is -0.342 e. The van der Waals surface area contributed by atoms with Gasteiger partial charge in [-0.1, -0.05) is 72.8 Å². The zero-order chi connectivity index (χ0) is 17.0. The third-order valence-electron chi connectivity index (χ3n) is 3.81. The number of carbonyl (C=O) groups is 2. The highest BCUT2D eigenvalue weighted by molar-refractivity contribution is 6.41. The quantitative estimate of drug-likeness (QED) is 0.524. The van der Waals surface area contributed by atoms with Crippen LogP contribution in [0.1, 0.15) is 20.7 Å². The van der Waals surface area contributed by atoms with E-state index in [2.05, 4.69) is 5.32 Å². The molecular formula is C20H16ClNO2. The second-order valence-corrected chi connectivity index (χ2v) is 6.17. The van der Waals surface area contributed by atoms with Crippen molar-refractivity contribution < 1.29 is 9.59 Å². The molecule has 0 atom stereocenters. The maximum absolute atomic E-state index is 12.6. The van der Waals surface area contributed by atoms with Crippen LogP contribution in [0.25, 0.3) is 0 Å². The Morgan fingerprint density at radius 3 is 1.88 bits per heavy atom. The molecule has 4 heteroatoms. The van der Waals surface area contributed by atoms with Crippen molar-refractivity contribution in [1.29, 1.82) is 0 Å². The Balaban J connectivity index is 1.69. The highest BCUT2D eigenvalue weighted by atomic mass is 35.5. The van der Waals surface area contributed by atoms with Crippen molar-refractivity contribution in [3.05, 3.63) is 96.1 Å². The van der Waals surface area contributed by atoms with E-state index in [9.17, 15) is 9.59 Å². The van der Waals surface area contributed by atoms with Gasteiger partial charge in [-0.25, -0.2) is 0 Å². The molecule has 0 unspecified atom stereocenters. The molecule has 2 aromatic carbocycles. The molecule has 1 amide bonds. The molecule has 0 aliphatic heterocycles. The van der Waals surface area contributed by atoms with E-state index in [0.717, 1.165) is 0 Å².